The number of hydrogen-bond acceptors (Lipinski definition) is 4. The third-order valence-electron chi connectivity index (χ3n) is 5.03. The topological polar surface area (TPSA) is 104 Å². The molecule has 2 N–H and O–H groups in total. The molecule has 1 aliphatic rings. The van der Waals surface area contributed by atoms with Gasteiger partial charge in [-0.05, 0) is 34.6 Å². The second-order valence-electron chi connectivity index (χ2n) is 7.44. The van der Waals surface area contributed by atoms with Crippen LogP contribution in [0.1, 0.15) is 37.3 Å². The van der Waals surface area contributed by atoms with Crippen molar-refractivity contribution in [2.45, 2.75) is 32.2 Å². The Morgan fingerprint density at radius 3 is 1.93 bits per heavy atom. The number of amides is 2. The number of rotatable bonds is 6. The molecule has 152 valence electrons. The summed E-state index contributed by atoms with van der Waals surface area (Å²) in [7, 11) is 0. The van der Waals surface area contributed by atoms with E-state index >= 15 is 0 Å². The van der Waals surface area contributed by atoms with Gasteiger partial charge in [-0.25, -0.2) is 14.4 Å². The van der Waals surface area contributed by atoms with Gasteiger partial charge in [-0.15, -0.1) is 0 Å². The van der Waals surface area contributed by atoms with Gasteiger partial charge in [-0.1, -0.05) is 62.4 Å². The molecule has 3 rings (SSSR count). The monoisotopic (exact) mass is 397 g/mol. The van der Waals surface area contributed by atoms with Crippen molar-refractivity contribution >= 4 is 18.2 Å². The predicted octanol–water partition coefficient (Wildman–Crippen LogP) is 4.41. The maximum absolute atomic E-state index is 12.6. The van der Waals surface area contributed by atoms with Gasteiger partial charge in [0.2, 0.25) is 0 Å². The zero-order valence-corrected chi connectivity index (χ0v) is 16.2. The quantitative estimate of drug-likeness (QED) is 0.748. The van der Waals surface area contributed by atoms with Crippen molar-refractivity contribution < 1.29 is 29.3 Å². The van der Waals surface area contributed by atoms with Gasteiger partial charge < -0.3 is 14.9 Å². The molecule has 0 saturated heterocycles. The molecule has 2 amide bonds. The van der Waals surface area contributed by atoms with Gasteiger partial charge in [0, 0.05) is 5.92 Å². The minimum Gasteiger partial charge on any atom is -0.480 e. The number of fused-ring (bicyclic) bond motifs is 3. The minimum atomic E-state index is -1.64. The van der Waals surface area contributed by atoms with Gasteiger partial charge >= 0.3 is 18.2 Å². The lowest BCUT2D eigenvalue weighted by molar-refractivity contribution is -0.142. The van der Waals surface area contributed by atoms with E-state index in [2.05, 4.69) is 0 Å². The fourth-order valence-electron chi connectivity index (χ4n) is 3.77. The molecule has 0 heterocycles. The van der Waals surface area contributed by atoms with Crippen LogP contribution in [0.5, 0.6) is 0 Å². The molecule has 0 spiro atoms. The summed E-state index contributed by atoms with van der Waals surface area (Å²) in [4.78, 5) is 36.0. The minimum absolute atomic E-state index is 0.00578. The SMILES string of the molecule is CC(C)C[C@@H](C(=O)O)N(C(=O)O)C(=O)OCC1c2ccccc2-c2ccccc21. The van der Waals surface area contributed by atoms with Crippen LogP contribution in [0.25, 0.3) is 11.1 Å². The maximum atomic E-state index is 12.6. The molecule has 0 fully saturated rings. The molecule has 0 saturated carbocycles. The average molecular weight is 397 g/mol. The second kappa shape index (κ2) is 8.34. The highest BCUT2D eigenvalue weighted by atomic mass is 16.6. The summed E-state index contributed by atoms with van der Waals surface area (Å²) >= 11 is 0. The van der Waals surface area contributed by atoms with Crippen LogP contribution in [0.15, 0.2) is 48.5 Å². The Morgan fingerprint density at radius 1 is 0.966 bits per heavy atom. The van der Waals surface area contributed by atoms with Crippen molar-refractivity contribution in [2.75, 3.05) is 6.61 Å². The van der Waals surface area contributed by atoms with Crippen LogP contribution in [0.2, 0.25) is 0 Å². The molecule has 0 aromatic heterocycles. The largest absolute Gasteiger partial charge is 0.480 e. The lowest BCUT2D eigenvalue weighted by Gasteiger charge is -2.25. The Balaban J connectivity index is 1.82. The van der Waals surface area contributed by atoms with Gasteiger partial charge in [0.15, 0.2) is 0 Å². The number of carbonyl (C=O) groups excluding carboxylic acids is 1. The Kier molecular flexibility index (Phi) is 5.87. The number of ether oxygens (including phenoxy) is 1. The lowest BCUT2D eigenvalue weighted by Crippen LogP contribution is -2.49. The Bertz CT molecular complexity index is 893. The van der Waals surface area contributed by atoms with Gasteiger partial charge in [0.1, 0.15) is 12.6 Å². The summed E-state index contributed by atoms with van der Waals surface area (Å²) in [5, 5.41) is 18.9. The average Bonchev–Trinajstić information content (AvgIpc) is 2.99. The van der Waals surface area contributed by atoms with Crippen molar-refractivity contribution in [3.63, 3.8) is 0 Å². The van der Waals surface area contributed by atoms with Crippen LogP contribution >= 0.6 is 0 Å². The van der Waals surface area contributed by atoms with Crippen molar-refractivity contribution in [1.29, 1.82) is 0 Å². The van der Waals surface area contributed by atoms with E-state index < -0.39 is 24.2 Å². The fourth-order valence-corrected chi connectivity index (χ4v) is 3.77. The number of nitrogens with zero attached hydrogens (tertiary/aromatic N) is 1. The number of carboxylic acids is 1. The zero-order valence-electron chi connectivity index (χ0n) is 16.2. The summed E-state index contributed by atoms with van der Waals surface area (Å²) in [6.45, 7) is 3.44. The summed E-state index contributed by atoms with van der Waals surface area (Å²) < 4.78 is 5.32. The number of aliphatic carboxylic acids is 1. The molecule has 7 heteroatoms. The van der Waals surface area contributed by atoms with Crippen LogP contribution in [-0.4, -0.2) is 45.9 Å². The van der Waals surface area contributed by atoms with E-state index in [1.54, 1.807) is 13.8 Å². The van der Waals surface area contributed by atoms with Crippen LogP contribution < -0.4 is 0 Å². The van der Waals surface area contributed by atoms with Crippen LogP contribution in [0.4, 0.5) is 9.59 Å². The number of hydrogen-bond donors (Lipinski definition) is 2. The van der Waals surface area contributed by atoms with Crippen molar-refractivity contribution in [2.24, 2.45) is 5.92 Å². The highest BCUT2D eigenvalue weighted by molar-refractivity contribution is 5.92. The molecule has 0 radical (unpaired) electrons. The number of benzene rings is 2. The highest BCUT2D eigenvalue weighted by Crippen LogP contribution is 2.44. The third kappa shape index (κ3) is 4.08. The molecular formula is C22H23NO6. The van der Waals surface area contributed by atoms with E-state index in [-0.39, 0.29) is 29.8 Å². The van der Waals surface area contributed by atoms with E-state index in [0.717, 1.165) is 22.3 Å². The summed E-state index contributed by atoms with van der Waals surface area (Å²) in [5.41, 5.74) is 4.06. The first-order chi connectivity index (χ1) is 13.8. The summed E-state index contributed by atoms with van der Waals surface area (Å²) in [6.07, 6.45) is -2.81. The zero-order chi connectivity index (χ0) is 21.1. The Morgan fingerprint density at radius 2 is 1.48 bits per heavy atom. The van der Waals surface area contributed by atoms with Crippen molar-refractivity contribution in [1.82, 2.24) is 4.90 Å². The van der Waals surface area contributed by atoms with Gasteiger partial charge in [0.05, 0.1) is 0 Å². The smallest absolute Gasteiger partial charge is 0.420 e. The molecule has 1 aliphatic carbocycles. The third-order valence-corrected chi connectivity index (χ3v) is 5.03. The van der Waals surface area contributed by atoms with Crippen molar-refractivity contribution in [3.05, 3.63) is 59.7 Å². The van der Waals surface area contributed by atoms with Crippen LogP contribution in [0.3, 0.4) is 0 Å². The van der Waals surface area contributed by atoms with Crippen molar-refractivity contribution in [3.8, 4) is 11.1 Å². The van der Waals surface area contributed by atoms with E-state index in [9.17, 15) is 24.6 Å². The standard InChI is InChI=1S/C22H23NO6/c1-13(2)11-19(20(24)25)23(21(26)27)22(28)29-12-18-16-9-5-3-7-14(16)15-8-4-6-10-17(15)18/h3-10,13,18-19H,11-12H2,1-2H3,(H,24,25)(H,26,27)/t19-/m0/s1. The van der Waals surface area contributed by atoms with Crippen LogP contribution in [0, 0.1) is 5.92 Å². The highest BCUT2D eigenvalue weighted by Gasteiger charge is 2.37. The second-order valence-corrected chi connectivity index (χ2v) is 7.44. The molecule has 2 aromatic rings. The van der Waals surface area contributed by atoms with Crippen LogP contribution in [-0.2, 0) is 9.53 Å². The Hall–Kier alpha value is -3.35. The first-order valence-corrected chi connectivity index (χ1v) is 9.41. The molecule has 0 bridgehead atoms. The predicted molar refractivity (Wildman–Crippen MR) is 106 cm³/mol. The van der Waals surface area contributed by atoms with Gasteiger partial charge in [-0.2, -0.15) is 4.90 Å². The first kappa shape index (κ1) is 20.4. The van der Waals surface area contributed by atoms with Gasteiger partial charge in [-0.3, -0.25) is 0 Å². The van der Waals surface area contributed by atoms with Gasteiger partial charge in [0.25, 0.3) is 0 Å². The van der Waals surface area contributed by atoms with E-state index in [1.807, 2.05) is 48.5 Å². The summed E-state index contributed by atoms with van der Waals surface area (Å²) in [5.74, 6) is -1.73. The molecule has 2 aromatic carbocycles. The molecule has 1 atom stereocenters. The molecule has 0 aliphatic heterocycles. The molecule has 0 unspecified atom stereocenters. The van der Waals surface area contributed by atoms with E-state index in [0.29, 0.717) is 0 Å². The molecular weight excluding hydrogens is 374 g/mol. The fraction of sp³-hybridized carbons (Fsp3) is 0.318. The van der Waals surface area contributed by atoms with E-state index in [4.69, 9.17) is 4.74 Å². The Labute approximate surface area is 168 Å². The lowest BCUT2D eigenvalue weighted by atomic mass is 9.98. The maximum Gasteiger partial charge on any atom is 0.420 e. The molecule has 7 nitrogen and oxygen atoms in total. The van der Waals surface area contributed by atoms with E-state index in [1.165, 1.54) is 0 Å². The number of carbonyl (C=O) groups is 3. The summed E-state index contributed by atoms with van der Waals surface area (Å²) in [6, 6.07) is 14.0. The normalized spacial score (nSPS) is 13.5. The number of imide groups is 1. The number of carboxylic acid groups (broad SMARTS) is 2. The molecule has 29 heavy (non-hydrogen) atoms. The first-order valence-electron chi connectivity index (χ1n) is 9.41.